The molecule has 0 spiro atoms. The molecule has 2 nitrogen and oxygen atoms in total. The average molecular weight is 198 g/mol. The maximum Gasteiger partial charge on any atom is 0.0288 e. The number of nitrogens with zero attached hydrogens (tertiary/aromatic N) is 1. The van der Waals surface area contributed by atoms with Crippen LogP contribution in [-0.4, -0.2) is 34.6 Å². The molecule has 1 N–H and O–H groups in total. The molecule has 0 amide bonds. The lowest BCUT2D eigenvalue weighted by molar-refractivity contribution is -0.0783. The van der Waals surface area contributed by atoms with Crippen molar-refractivity contribution in [3.8, 4) is 0 Å². The third-order valence-corrected chi connectivity index (χ3v) is 3.00. The zero-order chi connectivity index (χ0) is 11.2. The Morgan fingerprint density at radius 3 is 1.50 bits per heavy atom. The molecule has 0 aromatic rings. The van der Waals surface area contributed by atoms with Crippen molar-refractivity contribution in [3.05, 3.63) is 0 Å². The molecule has 0 aromatic carbocycles. The molecule has 0 saturated carbocycles. The summed E-state index contributed by atoms with van der Waals surface area (Å²) in [6, 6.07) is 0. The van der Waals surface area contributed by atoms with Crippen molar-refractivity contribution in [1.29, 1.82) is 0 Å². The second kappa shape index (κ2) is 3.21. The van der Waals surface area contributed by atoms with Gasteiger partial charge in [0.1, 0.15) is 0 Å². The predicted molar refractivity (Wildman–Crippen MR) is 62.6 cm³/mol. The van der Waals surface area contributed by atoms with E-state index in [1.54, 1.807) is 0 Å². The first kappa shape index (κ1) is 12.0. The fourth-order valence-corrected chi connectivity index (χ4v) is 3.47. The minimum absolute atomic E-state index is 0.231. The van der Waals surface area contributed by atoms with Crippen LogP contribution in [0.15, 0.2) is 0 Å². The van der Waals surface area contributed by atoms with E-state index in [0.717, 1.165) is 13.1 Å². The Hall–Kier alpha value is -0.0800. The van der Waals surface area contributed by atoms with Crippen LogP contribution < -0.4 is 5.32 Å². The van der Waals surface area contributed by atoms with Crippen LogP contribution in [0.5, 0.6) is 0 Å². The van der Waals surface area contributed by atoms with E-state index >= 15 is 0 Å². The smallest absolute Gasteiger partial charge is 0.0288 e. The van der Waals surface area contributed by atoms with Gasteiger partial charge in [-0.2, -0.15) is 0 Å². The summed E-state index contributed by atoms with van der Waals surface area (Å²) in [5.41, 5.74) is 0.703. The van der Waals surface area contributed by atoms with Crippen molar-refractivity contribution in [2.75, 3.05) is 13.1 Å². The molecule has 1 aliphatic heterocycles. The van der Waals surface area contributed by atoms with Crippen LogP contribution in [-0.2, 0) is 0 Å². The zero-order valence-corrected chi connectivity index (χ0v) is 10.9. The molecule has 0 unspecified atom stereocenters. The van der Waals surface area contributed by atoms with E-state index in [-0.39, 0.29) is 16.6 Å². The molecule has 1 fully saturated rings. The molecule has 1 heterocycles. The van der Waals surface area contributed by atoms with Crippen LogP contribution in [0.25, 0.3) is 0 Å². The van der Waals surface area contributed by atoms with Crippen LogP contribution in [0.3, 0.4) is 0 Å². The zero-order valence-electron chi connectivity index (χ0n) is 10.9. The highest BCUT2D eigenvalue weighted by Crippen LogP contribution is 2.35. The van der Waals surface area contributed by atoms with E-state index in [2.05, 4.69) is 58.7 Å². The van der Waals surface area contributed by atoms with E-state index in [0.29, 0.717) is 0 Å². The van der Waals surface area contributed by atoms with Crippen LogP contribution in [0.2, 0.25) is 0 Å². The molecule has 0 bridgehead atoms. The van der Waals surface area contributed by atoms with Crippen LogP contribution in [0.1, 0.15) is 48.5 Å². The lowest BCUT2D eigenvalue weighted by Crippen LogP contribution is -2.72. The highest BCUT2D eigenvalue weighted by molar-refractivity contribution is 5.04. The van der Waals surface area contributed by atoms with E-state index in [1.807, 2.05) is 0 Å². The Labute approximate surface area is 89.1 Å². The summed E-state index contributed by atoms with van der Waals surface area (Å²) < 4.78 is 0. The Morgan fingerprint density at radius 1 is 0.929 bits per heavy atom. The van der Waals surface area contributed by atoms with E-state index in [4.69, 9.17) is 0 Å². The summed E-state index contributed by atoms with van der Waals surface area (Å²) in [6.07, 6.45) is 0. The summed E-state index contributed by atoms with van der Waals surface area (Å²) in [5, 5.41) is 3.53. The predicted octanol–water partition coefficient (Wildman–Crippen LogP) is 2.25. The maximum atomic E-state index is 3.53. The number of hydrogen-bond donors (Lipinski definition) is 1. The Balaban J connectivity index is 3.04. The summed E-state index contributed by atoms with van der Waals surface area (Å²) >= 11 is 0. The van der Waals surface area contributed by atoms with Crippen molar-refractivity contribution in [2.24, 2.45) is 0 Å². The summed E-state index contributed by atoms with van der Waals surface area (Å²) in [6.45, 7) is 18.4. The summed E-state index contributed by atoms with van der Waals surface area (Å²) in [5.74, 6) is 0. The largest absolute Gasteiger partial charge is 0.313 e. The van der Waals surface area contributed by atoms with E-state index in [1.165, 1.54) is 0 Å². The van der Waals surface area contributed by atoms with Gasteiger partial charge in [-0.25, -0.2) is 0 Å². The molecule has 84 valence electrons. The molecular weight excluding hydrogens is 172 g/mol. The lowest BCUT2D eigenvalue weighted by Gasteiger charge is -2.59. The lowest BCUT2D eigenvalue weighted by atomic mass is 9.83. The molecule has 14 heavy (non-hydrogen) atoms. The Bertz CT molecular complexity index is 195. The third kappa shape index (κ3) is 2.12. The number of rotatable bonds is 0. The monoisotopic (exact) mass is 198 g/mol. The fraction of sp³-hybridized carbons (Fsp3) is 1.00. The fourth-order valence-electron chi connectivity index (χ4n) is 3.47. The molecule has 0 atom stereocenters. The molecule has 1 rings (SSSR count). The molecular formula is C12H26N2. The van der Waals surface area contributed by atoms with Gasteiger partial charge < -0.3 is 5.32 Å². The normalized spacial score (nSPS) is 27.6. The number of hydrogen-bond acceptors (Lipinski definition) is 2. The van der Waals surface area contributed by atoms with Crippen LogP contribution >= 0.6 is 0 Å². The summed E-state index contributed by atoms with van der Waals surface area (Å²) in [7, 11) is 0. The molecule has 0 radical (unpaired) electrons. The second-order valence-electron chi connectivity index (χ2n) is 6.73. The molecule has 0 aromatic heterocycles. The molecule has 1 saturated heterocycles. The Kier molecular flexibility index (Phi) is 2.75. The van der Waals surface area contributed by atoms with Crippen molar-refractivity contribution in [2.45, 2.75) is 65.1 Å². The average Bonchev–Trinajstić information content (AvgIpc) is 1.76. The summed E-state index contributed by atoms with van der Waals surface area (Å²) in [4.78, 5) is 2.64. The topological polar surface area (TPSA) is 15.3 Å². The second-order valence-corrected chi connectivity index (χ2v) is 6.73. The van der Waals surface area contributed by atoms with Gasteiger partial charge in [0.15, 0.2) is 0 Å². The van der Waals surface area contributed by atoms with Gasteiger partial charge in [0.05, 0.1) is 0 Å². The van der Waals surface area contributed by atoms with Crippen molar-refractivity contribution < 1.29 is 0 Å². The first-order chi connectivity index (χ1) is 6.07. The first-order valence-electron chi connectivity index (χ1n) is 5.59. The Morgan fingerprint density at radius 2 is 1.29 bits per heavy atom. The van der Waals surface area contributed by atoms with Gasteiger partial charge in [0.2, 0.25) is 0 Å². The first-order valence-corrected chi connectivity index (χ1v) is 5.59. The highest BCUT2D eigenvalue weighted by atomic mass is 15.3. The van der Waals surface area contributed by atoms with Gasteiger partial charge >= 0.3 is 0 Å². The highest BCUT2D eigenvalue weighted by Gasteiger charge is 2.46. The minimum atomic E-state index is 0.231. The van der Waals surface area contributed by atoms with E-state index < -0.39 is 0 Å². The molecule has 0 aliphatic carbocycles. The van der Waals surface area contributed by atoms with Gasteiger partial charge in [-0.1, -0.05) is 0 Å². The van der Waals surface area contributed by atoms with Crippen LogP contribution in [0, 0.1) is 0 Å². The van der Waals surface area contributed by atoms with Gasteiger partial charge in [-0.05, 0) is 48.5 Å². The quantitative estimate of drug-likeness (QED) is 0.642. The number of piperazine rings is 1. The van der Waals surface area contributed by atoms with E-state index in [9.17, 15) is 0 Å². The molecule has 2 heteroatoms. The van der Waals surface area contributed by atoms with Crippen LogP contribution in [0.4, 0.5) is 0 Å². The van der Waals surface area contributed by atoms with Crippen molar-refractivity contribution in [3.63, 3.8) is 0 Å². The SMILES string of the molecule is CC(C)(C)N1C(C)(C)CNCC1(C)C. The molecule has 1 aliphatic rings. The standard InChI is InChI=1S/C12H26N2/c1-10(2,3)14-11(4,5)8-13-9-12(14,6)7/h13H,8-9H2,1-7H3. The minimum Gasteiger partial charge on any atom is -0.313 e. The van der Waals surface area contributed by atoms with Crippen molar-refractivity contribution in [1.82, 2.24) is 10.2 Å². The third-order valence-electron chi connectivity index (χ3n) is 3.00. The van der Waals surface area contributed by atoms with Gasteiger partial charge in [-0.15, -0.1) is 0 Å². The van der Waals surface area contributed by atoms with Gasteiger partial charge in [0, 0.05) is 29.7 Å². The van der Waals surface area contributed by atoms with Crippen molar-refractivity contribution >= 4 is 0 Å². The van der Waals surface area contributed by atoms with Gasteiger partial charge in [0.25, 0.3) is 0 Å². The number of nitrogens with one attached hydrogen (secondary N) is 1. The van der Waals surface area contributed by atoms with Gasteiger partial charge in [-0.3, -0.25) is 4.90 Å². The maximum absolute atomic E-state index is 3.53.